The smallest absolute Gasteiger partial charge is 0.253 e. The summed E-state index contributed by atoms with van der Waals surface area (Å²) < 4.78 is 11.0. The van der Waals surface area contributed by atoms with Crippen LogP contribution in [0, 0.1) is 5.92 Å². The monoisotopic (exact) mass is 444 g/mol. The van der Waals surface area contributed by atoms with Crippen LogP contribution in [-0.4, -0.2) is 36.9 Å². The van der Waals surface area contributed by atoms with Gasteiger partial charge < -0.3 is 19.7 Å². The SMILES string of the molecule is COc1cccc(C(=O)N2CCC(C(=O)Nc3ccc(OCc4ccccc4)cc3)CC2)c1. The molecule has 33 heavy (non-hydrogen) atoms. The van der Waals surface area contributed by atoms with Gasteiger partial charge in [-0.15, -0.1) is 0 Å². The molecular formula is C27H28N2O4. The predicted octanol–water partition coefficient (Wildman–Crippen LogP) is 4.77. The molecule has 0 atom stereocenters. The fraction of sp³-hybridized carbons (Fsp3) is 0.259. The molecule has 0 aromatic heterocycles. The third-order valence-electron chi connectivity index (χ3n) is 5.84. The van der Waals surface area contributed by atoms with Crippen molar-refractivity contribution < 1.29 is 19.1 Å². The number of nitrogens with one attached hydrogen (secondary N) is 1. The van der Waals surface area contributed by atoms with Crippen LogP contribution >= 0.6 is 0 Å². The van der Waals surface area contributed by atoms with Crippen molar-refractivity contribution in [3.63, 3.8) is 0 Å². The molecule has 0 aliphatic carbocycles. The topological polar surface area (TPSA) is 67.9 Å². The van der Waals surface area contributed by atoms with Crippen LogP contribution in [0.25, 0.3) is 0 Å². The second-order valence-electron chi connectivity index (χ2n) is 8.09. The Bertz CT molecular complexity index is 1070. The van der Waals surface area contributed by atoms with Crippen LogP contribution in [-0.2, 0) is 11.4 Å². The van der Waals surface area contributed by atoms with Gasteiger partial charge in [-0.25, -0.2) is 0 Å². The zero-order valence-corrected chi connectivity index (χ0v) is 18.7. The summed E-state index contributed by atoms with van der Waals surface area (Å²) >= 11 is 0. The zero-order valence-electron chi connectivity index (χ0n) is 18.7. The van der Waals surface area contributed by atoms with Crippen LogP contribution in [0.4, 0.5) is 5.69 Å². The van der Waals surface area contributed by atoms with E-state index in [-0.39, 0.29) is 17.7 Å². The normalized spacial score (nSPS) is 13.9. The number of nitrogens with zero attached hydrogens (tertiary/aromatic N) is 1. The molecule has 0 spiro atoms. The van der Waals surface area contributed by atoms with Gasteiger partial charge in [0.1, 0.15) is 18.1 Å². The van der Waals surface area contributed by atoms with Crippen molar-refractivity contribution in [3.8, 4) is 11.5 Å². The number of rotatable bonds is 7. The minimum Gasteiger partial charge on any atom is -0.497 e. The third kappa shape index (κ3) is 5.92. The maximum atomic E-state index is 12.8. The van der Waals surface area contributed by atoms with Gasteiger partial charge in [0.15, 0.2) is 0 Å². The first-order chi connectivity index (χ1) is 16.1. The molecule has 4 rings (SSSR count). The molecule has 3 aromatic carbocycles. The molecular weight excluding hydrogens is 416 g/mol. The van der Waals surface area contributed by atoms with E-state index in [1.807, 2.05) is 66.7 Å². The molecule has 6 heteroatoms. The van der Waals surface area contributed by atoms with Crippen molar-refractivity contribution in [2.24, 2.45) is 5.92 Å². The van der Waals surface area contributed by atoms with Crippen LogP contribution < -0.4 is 14.8 Å². The highest BCUT2D eigenvalue weighted by atomic mass is 16.5. The van der Waals surface area contributed by atoms with E-state index in [2.05, 4.69) is 5.32 Å². The second-order valence-corrected chi connectivity index (χ2v) is 8.09. The van der Waals surface area contributed by atoms with E-state index in [1.54, 1.807) is 24.1 Å². The van der Waals surface area contributed by atoms with Gasteiger partial charge in [-0.2, -0.15) is 0 Å². The summed E-state index contributed by atoms with van der Waals surface area (Å²) in [5.41, 5.74) is 2.44. The highest BCUT2D eigenvalue weighted by Crippen LogP contribution is 2.23. The van der Waals surface area contributed by atoms with Crippen molar-refractivity contribution in [3.05, 3.63) is 90.0 Å². The van der Waals surface area contributed by atoms with Crippen LogP contribution in [0.3, 0.4) is 0 Å². The molecule has 0 radical (unpaired) electrons. The first-order valence-corrected chi connectivity index (χ1v) is 11.1. The summed E-state index contributed by atoms with van der Waals surface area (Å²) in [6.45, 7) is 1.61. The van der Waals surface area contributed by atoms with Gasteiger partial charge in [0.2, 0.25) is 5.91 Å². The van der Waals surface area contributed by atoms with Crippen molar-refractivity contribution >= 4 is 17.5 Å². The number of carbonyl (C=O) groups is 2. The number of amides is 2. The number of anilines is 1. The fourth-order valence-electron chi connectivity index (χ4n) is 3.90. The number of benzene rings is 3. The quantitative estimate of drug-likeness (QED) is 0.570. The summed E-state index contributed by atoms with van der Waals surface area (Å²) in [6.07, 6.45) is 1.28. The molecule has 170 valence electrons. The van der Waals surface area contributed by atoms with Crippen LogP contribution in [0.1, 0.15) is 28.8 Å². The van der Waals surface area contributed by atoms with E-state index in [0.717, 1.165) is 17.0 Å². The van der Waals surface area contributed by atoms with Gasteiger partial charge in [0.05, 0.1) is 7.11 Å². The summed E-state index contributed by atoms with van der Waals surface area (Å²) in [4.78, 5) is 27.3. The molecule has 1 saturated heterocycles. The van der Waals surface area contributed by atoms with E-state index in [1.165, 1.54) is 0 Å². The van der Waals surface area contributed by atoms with Crippen LogP contribution in [0.15, 0.2) is 78.9 Å². The Balaban J connectivity index is 1.25. The third-order valence-corrected chi connectivity index (χ3v) is 5.84. The molecule has 0 saturated carbocycles. The Morgan fingerprint density at radius 2 is 1.64 bits per heavy atom. The number of carbonyl (C=O) groups excluding carboxylic acids is 2. The molecule has 1 N–H and O–H groups in total. The standard InChI is InChI=1S/C27H28N2O4/c1-32-25-9-5-8-22(18-25)27(31)29-16-14-21(15-17-29)26(30)28-23-10-12-24(13-11-23)33-19-20-6-3-2-4-7-20/h2-13,18,21H,14-17,19H2,1H3,(H,28,30). The maximum Gasteiger partial charge on any atom is 0.253 e. The Labute approximate surface area is 194 Å². The lowest BCUT2D eigenvalue weighted by atomic mass is 9.95. The lowest BCUT2D eigenvalue weighted by Gasteiger charge is -2.31. The summed E-state index contributed by atoms with van der Waals surface area (Å²) in [5, 5.41) is 2.99. The van der Waals surface area contributed by atoms with E-state index in [9.17, 15) is 9.59 Å². The number of ether oxygens (including phenoxy) is 2. The first-order valence-electron chi connectivity index (χ1n) is 11.1. The highest BCUT2D eigenvalue weighted by molar-refractivity contribution is 5.95. The number of likely N-dealkylation sites (tertiary alicyclic amines) is 1. The molecule has 1 aliphatic heterocycles. The molecule has 1 fully saturated rings. The second kappa shape index (κ2) is 10.7. The Morgan fingerprint density at radius 1 is 0.909 bits per heavy atom. The lowest BCUT2D eigenvalue weighted by Crippen LogP contribution is -2.41. The molecule has 6 nitrogen and oxygen atoms in total. The molecule has 2 amide bonds. The molecule has 1 aliphatic rings. The van der Waals surface area contributed by atoms with E-state index in [0.29, 0.717) is 43.9 Å². The van der Waals surface area contributed by atoms with Gasteiger partial charge in [0, 0.05) is 30.3 Å². The average Bonchev–Trinajstić information content (AvgIpc) is 2.88. The van der Waals surface area contributed by atoms with E-state index in [4.69, 9.17) is 9.47 Å². The van der Waals surface area contributed by atoms with Crippen molar-refractivity contribution in [2.75, 3.05) is 25.5 Å². The molecule has 0 unspecified atom stereocenters. The highest BCUT2D eigenvalue weighted by Gasteiger charge is 2.28. The van der Waals surface area contributed by atoms with E-state index < -0.39 is 0 Å². The Hall–Kier alpha value is -3.80. The lowest BCUT2D eigenvalue weighted by molar-refractivity contribution is -0.121. The predicted molar refractivity (Wildman–Crippen MR) is 127 cm³/mol. The fourth-order valence-corrected chi connectivity index (χ4v) is 3.90. The van der Waals surface area contributed by atoms with Gasteiger partial charge in [-0.05, 0) is 60.9 Å². The molecule has 1 heterocycles. The van der Waals surface area contributed by atoms with Crippen molar-refractivity contribution in [1.29, 1.82) is 0 Å². The molecule has 3 aromatic rings. The van der Waals surface area contributed by atoms with Gasteiger partial charge >= 0.3 is 0 Å². The average molecular weight is 445 g/mol. The van der Waals surface area contributed by atoms with Gasteiger partial charge in [0.25, 0.3) is 5.91 Å². The van der Waals surface area contributed by atoms with Crippen LogP contribution in [0.2, 0.25) is 0 Å². The van der Waals surface area contributed by atoms with Crippen LogP contribution in [0.5, 0.6) is 11.5 Å². The number of methoxy groups -OCH3 is 1. The minimum absolute atomic E-state index is 0.0126. The zero-order chi connectivity index (χ0) is 23.0. The Morgan fingerprint density at radius 3 is 2.33 bits per heavy atom. The minimum atomic E-state index is -0.117. The maximum absolute atomic E-state index is 12.8. The first kappa shape index (κ1) is 22.4. The summed E-state index contributed by atoms with van der Waals surface area (Å²) in [5.74, 6) is 1.25. The van der Waals surface area contributed by atoms with Gasteiger partial charge in [-0.1, -0.05) is 36.4 Å². The number of piperidine rings is 1. The summed E-state index contributed by atoms with van der Waals surface area (Å²) in [6, 6.07) is 24.5. The largest absolute Gasteiger partial charge is 0.497 e. The van der Waals surface area contributed by atoms with Crippen molar-refractivity contribution in [2.45, 2.75) is 19.4 Å². The number of hydrogen-bond acceptors (Lipinski definition) is 4. The Kier molecular flexibility index (Phi) is 7.25. The summed E-state index contributed by atoms with van der Waals surface area (Å²) in [7, 11) is 1.58. The number of hydrogen-bond donors (Lipinski definition) is 1. The molecule has 0 bridgehead atoms. The van der Waals surface area contributed by atoms with E-state index >= 15 is 0 Å². The van der Waals surface area contributed by atoms with Crippen molar-refractivity contribution in [1.82, 2.24) is 4.90 Å². The van der Waals surface area contributed by atoms with Gasteiger partial charge in [-0.3, -0.25) is 9.59 Å².